The maximum Gasteiger partial charge on any atom is 0.408 e. The van der Waals surface area contributed by atoms with Crippen molar-refractivity contribution in [3.63, 3.8) is 0 Å². The Labute approximate surface area is 277 Å². The highest BCUT2D eigenvalue weighted by Crippen LogP contribution is 2.37. The number of amides is 3. The first kappa shape index (κ1) is 35.1. The normalized spacial score (nSPS) is 18.5. The fraction of sp³-hybridized carbons (Fsp3) is 0.455. The minimum Gasteiger partial charge on any atom is -0.445 e. The average Bonchev–Trinajstić information content (AvgIpc) is 3.38. The molecule has 0 aliphatic heterocycles. The van der Waals surface area contributed by atoms with Gasteiger partial charge in [-0.25, -0.2) is 13.6 Å². The minimum absolute atomic E-state index is 0.0203. The van der Waals surface area contributed by atoms with Crippen molar-refractivity contribution in [3.05, 3.63) is 69.9 Å². The smallest absolute Gasteiger partial charge is 0.408 e. The zero-order chi connectivity index (χ0) is 33.8. The van der Waals surface area contributed by atoms with Gasteiger partial charge in [-0.3, -0.25) is 9.59 Å². The predicted molar refractivity (Wildman–Crippen MR) is 177 cm³/mol. The van der Waals surface area contributed by atoms with Gasteiger partial charge in [0, 0.05) is 17.5 Å². The Balaban J connectivity index is 1.65. The number of benzene rings is 2. The number of alkyl carbamates (subject to hydrolysis) is 1. The second-order valence-electron chi connectivity index (χ2n) is 12.1. The molecule has 0 saturated carbocycles. The second-order valence-corrected chi connectivity index (χ2v) is 13.0. The minimum atomic E-state index is -1.50. The summed E-state index contributed by atoms with van der Waals surface area (Å²) in [5.74, 6) is -2.47. The van der Waals surface area contributed by atoms with Crippen molar-refractivity contribution in [1.29, 1.82) is 0 Å². The fourth-order valence-electron chi connectivity index (χ4n) is 5.75. The highest BCUT2D eigenvalue weighted by Gasteiger charge is 2.46. The van der Waals surface area contributed by atoms with Gasteiger partial charge in [-0.05, 0) is 60.1 Å². The van der Waals surface area contributed by atoms with Crippen LogP contribution < -0.4 is 21.7 Å². The monoisotopic (exact) mass is 675 g/mol. The van der Waals surface area contributed by atoms with Gasteiger partial charge in [0.15, 0.2) is 0 Å². The Kier molecular flexibility index (Phi) is 11.3. The molecule has 1 aliphatic carbocycles. The average molecular weight is 676 g/mol. The van der Waals surface area contributed by atoms with E-state index in [4.69, 9.17) is 34.3 Å². The molecule has 4 rings (SSSR count). The number of hydrogen-bond acceptors (Lipinski definition) is 5. The van der Waals surface area contributed by atoms with E-state index < -0.39 is 47.2 Å². The third-order valence-corrected chi connectivity index (χ3v) is 9.51. The lowest BCUT2D eigenvalue weighted by Gasteiger charge is -2.39. The summed E-state index contributed by atoms with van der Waals surface area (Å²) >= 11 is 11.6. The lowest BCUT2D eigenvalue weighted by atomic mass is 9.78. The molecule has 1 heterocycles. The SMILES string of the molecule is CCC(C)[C@H](NC(=O)OCc1ccc(F)cc1)C(=O)N[C@]1(C(=O)N[C@H](C(N)=S)C(C)CC)CCc2[nH]c3c(Cl)cc(F)cc3c2C1. The summed E-state index contributed by atoms with van der Waals surface area (Å²) in [4.78, 5) is 44.5. The Bertz CT molecular complexity index is 1620. The number of aryl methyl sites for hydroxylation is 1. The van der Waals surface area contributed by atoms with Crippen LogP contribution in [0, 0.1) is 23.5 Å². The van der Waals surface area contributed by atoms with Crippen molar-refractivity contribution in [2.75, 3.05) is 0 Å². The van der Waals surface area contributed by atoms with Crippen LogP contribution in [0.5, 0.6) is 0 Å². The van der Waals surface area contributed by atoms with Crippen molar-refractivity contribution < 1.29 is 27.9 Å². The van der Waals surface area contributed by atoms with Crippen LogP contribution in [0.4, 0.5) is 13.6 Å². The van der Waals surface area contributed by atoms with Crippen molar-refractivity contribution in [1.82, 2.24) is 20.9 Å². The van der Waals surface area contributed by atoms with E-state index in [2.05, 4.69) is 20.9 Å². The molecule has 0 radical (unpaired) electrons. The molecule has 0 saturated heterocycles. The van der Waals surface area contributed by atoms with Crippen LogP contribution in [0.15, 0.2) is 36.4 Å². The van der Waals surface area contributed by atoms with Crippen molar-refractivity contribution in [3.8, 4) is 0 Å². The molecule has 9 nitrogen and oxygen atoms in total. The molecule has 3 aromatic rings. The first-order valence-electron chi connectivity index (χ1n) is 15.4. The molecule has 0 bridgehead atoms. The van der Waals surface area contributed by atoms with Crippen LogP contribution in [0.25, 0.3) is 10.9 Å². The number of halogens is 3. The lowest BCUT2D eigenvalue weighted by molar-refractivity contribution is -0.136. The topological polar surface area (TPSA) is 138 Å². The molecule has 3 amide bonds. The number of H-pyrrole nitrogens is 1. The van der Waals surface area contributed by atoms with E-state index in [9.17, 15) is 23.2 Å². The van der Waals surface area contributed by atoms with E-state index in [1.165, 1.54) is 36.4 Å². The maximum absolute atomic E-state index is 14.5. The zero-order valence-electron chi connectivity index (χ0n) is 26.3. The standard InChI is InChI=1S/C33H40ClF2N5O4S/c1-5-17(3)26(29(37)46)39-31(43)33(12-11-25-23(15-33)22-13-21(36)14-24(34)28(22)38-25)41-30(42)27(18(4)6-2)40-32(44)45-16-19-7-9-20(35)10-8-19/h7-10,13-14,17-18,26-27,38H,5-6,11-12,15-16H2,1-4H3,(H2,37,46)(H,39,43)(H,40,44)(H,41,42)/t17?,18?,26-,27-,33+/m0/s1. The lowest BCUT2D eigenvalue weighted by Crippen LogP contribution is -2.67. The predicted octanol–water partition coefficient (Wildman–Crippen LogP) is 5.60. The Morgan fingerprint density at radius 3 is 2.33 bits per heavy atom. The molecular weight excluding hydrogens is 636 g/mol. The van der Waals surface area contributed by atoms with Crippen LogP contribution in [0.3, 0.4) is 0 Å². The summed E-state index contributed by atoms with van der Waals surface area (Å²) < 4.78 is 33.1. The summed E-state index contributed by atoms with van der Waals surface area (Å²) in [6, 6.07) is 6.36. The van der Waals surface area contributed by atoms with Crippen LogP contribution in [0.2, 0.25) is 5.02 Å². The molecule has 248 valence electrons. The van der Waals surface area contributed by atoms with Crippen molar-refractivity contribution in [2.45, 2.75) is 84.0 Å². The molecule has 5 atom stereocenters. The molecule has 0 spiro atoms. The van der Waals surface area contributed by atoms with Gasteiger partial charge in [0.2, 0.25) is 11.8 Å². The van der Waals surface area contributed by atoms with Gasteiger partial charge in [0.05, 0.1) is 21.6 Å². The van der Waals surface area contributed by atoms with Gasteiger partial charge in [0.25, 0.3) is 0 Å². The van der Waals surface area contributed by atoms with E-state index in [1.807, 2.05) is 20.8 Å². The third kappa shape index (κ3) is 7.78. The number of ether oxygens (including phenoxy) is 1. The zero-order valence-corrected chi connectivity index (χ0v) is 27.8. The summed E-state index contributed by atoms with van der Waals surface area (Å²) in [5, 5.41) is 9.31. The van der Waals surface area contributed by atoms with Gasteiger partial charge >= 0.3 is 6.09 Å². The highest BCUT2D eigenvalue weighted by atomic mass is 35.5. The van der Waals surface area contributed by atoms with Gasteiger partial charge in [0.1, 0.15) is 29.8 Å². The quantitative estimate of drug-likeness (QED) is 0.159. The van der Waals surface area contributed by atoms with E-state index in [0.29, 0.717) is 41.3 Å². The number of carbonyl (C=O) groups excluding carboxylic acids is 3. The van der Waals surface area contributed by atoms with E-state index in [1.54, 1.807) is 6.92 Å². The number of hydrogen-bond donors (Lipinski definition) is 5. The van der Waals surface area contributed by atoms with Gasteiger partial charge in [-0.2, -0.15) is 0 Å². The molecule has 1 aliphatic rings. The summed E-state index contributed by atoms with van der Waals surface area (Å²) in [6.07, 6.45) is 0.923. The number of thiocarbonyl (C=S) groups is 1. The second kappa shape index (κ2) is 14.8. The van der Waals surface area contributed by atoms with Gasteiger partial charge in [-0.15, -0.1) is 0 Å². The van der Waals surface area contributed by atoms with Gasteiger partial charge in [-0.1, -0.05) is 76.5 Å². The number of rotatable bonds is 12. The van der Waals surface area contributed by atoms with E-state index >= 15 is 0 Å². The molecular formula is C33H40ClF2N5O4S. The molecule has 1 aromatic heterocycles. The number of nitrogens with two attached hydrogens (primary N) is 1. The number of carbonyl (C=O) groups is 3. The molecule has 0 fully saturated rings. The number of fused-ring (bicyclic) bond motifs is 3. The molecule has 2 aromatic carbocycles. The Morgan fingerprint density at radius 2 is 1.70 bits per heavy atom. The third-order valence-electron chi connectivity index (χ3n) is 8.96. The molecule has 2 unspecified atom stereocenters. The summed E-state index contributed by atoms with van der Waals surface area (Å²) in [5.41, 5.74) is 7.08. The van der Waals surface area contributed by atoms with Crippen LogP contribution >= 0.6 is 23.8 Å². The number of aromatic amines is 1. The first-order valence-corrected chi connectivity index (χ1v) is 16.2. The Morgan fingerprint density at radius 1 is 1.04 bits per heavy atom. The Hall–Kier alpha value is -3.77. The molecule has 13 heteroatoms. The largest absolute Gasteiger partial charge is 0.445 e. The van der Waals surface area contributed by atoms with Gasteiger partial charge < -0.3 is 31.4 Å². The molecule has 6 N–H and O–H groups in total. The first-order chi connectivity index (χ1) is 21.8. The fourth-order valence-corrected chi connectivity index (χ4v) is 6.30. The van der Waals surface area contributed by atoms with E-state index in [0.717, 1.165) is 5.69 Å². The summed E-state index contributed by atoms with van der Waals surface area (Å²) in [6.45, 7) is 7.40. The number of nitrogens with one attached hydrogen (secondary N) is 4. The summed E-state index contributed by atoms with van der Waals surface area (Å²) in [7, 11) is 0. The highest BCUT2D eigenvalue weighted by molar-refractivity contribution is 7.80. The molecule has 46 heavy (non-hydrogen) atoms. The maximum atomic E-state index is 14.5. The van der Waals surface area contributed by atoms with Crippen LogP contribution in [0.1, 0.15) is 63.8 Å². The number of aromatic nitrogens is 1. The van der Waals surface area contributed by atoms with Crippen molar-refractivity contribution in [2.24, 2.45) is 17.6 Å². The van der Waals surface area contributed by atoms with Crippen LogP contribution in [-0.4, -0.2) is 45.5 Å². The van der Waals surface area contributed by atoms with Crippen molar-refractivity contribution >= 4 is 57.6 Å². The van der Waals surface area contributed by atoms with Crippen LogP contribution in [-0.2, 0) is 33.8 Å². The van der Waals surface area contributed by atoms with E-state index in [-0.39, 0.29) is 41.3 Å².